The van der Waals surface area contributed by atoms with Gasteiger partial charge < -0.3 is 0 Å². The predicted octanol–water partition coefficient (Wildman–Crippen LogP) is 3.22. The fourth-order valence-corrected chi connectivity index (χ4v) is 2.11. The number of carbonyl (C=O) groups is 1. The van der Waals surface area contributed by atoms with Crippen LogP contribution in [0.4, 0.5) is 10.2 Å². The third-order valence-electron chi connectivity index (χ3n) is 3.21. The topological polar surface area (TPSA) is 66.9 Å². The van der Waals surface area contributed by atoms with Gasteiger partial charge in [0.2, 0.25) is 0 Å². The highest BCUT2D eigenvalue weighted by molar-refractivity contribution is 5.95. The Labute approximate surface area is 130 Å². The average molecular weight is 304 g/mol. The number of hydrazine groups is 1. The van der Waals surface area contributed by atoms with Crippen LogP contribution >= 0.6 is 0 Å². The molecule has 1 aromatic carbocycles. The number of amides is 1. The van der Waals surface area contributed by atoms with Gasteiger partial charge in [-0.25, -0.2) is 4.39 Å². The lowest BCUT2D eigenvalue weighted by Gasteiger charge is -2.21. The summed E-state index contributed by atoms with van der Waals surface area (Å²) in [5.41, 5.74) is 6.82. The van der Waals surface area contributed by atoms with Crippen molar-refractivity contribution in [3.63, 3.8) is 0 Å². The fourth-order valence-electron chi connectivity index (χ4n) is 2.11. The van der Waals surface area contributed by atoms with Gasteiger partial charge in [0.05, 0.1) is 11.3 Å². The molecule has 6 heteroatoms. The van der Waals surface area contributed by atoms with E-state index < -0.39 is 11.7 Å². The van der Waals surface area contributed by atoms with Crippen LogP contribution in [0.3, 0.4) is 0 Å². The Morgan fingerprint density at radius 1 is 1.23 bits per heavy atom. The fraction of sp³-hybridized carbons (Fsp3) is 0.312. The molecule has 0 aliphatic carbocycles. The standard InChI is InChI=1S/C16H19FN4O.H2/c1-10-12(16(2,3)4)9-14(19-18-10)20-21-15(22)11-7-5-6-8-13(11)17;/h5-9H,1-4H3,(H,19,20)(H,21,22);1H. The molecular formula is C16H21FN4O. The number of anilines is 1. The van der Waals surface area contributed by atoms with Crippen LogP contribution in [0.5, 0.6) is 0 Å². The molecule has 0 bridgehead atoms. The van der Waals surface area contributed by atoms with Crippen molar-refractivity contribution in [2.75, 3.05) is 5.43 Å². The maximum Gasteiger partial charge on any atom is 0.272 e. The molecule has 0 saturated carbocycles. The smallest absolute Gasteiger partial charge is 0.272 e. The van der Waals surface area contributed by atoms with E-state index >= 15 is 0 Å². The Bertz CT molecular complexity index is 701. The summed E-state index contributed by atoms with van der Waals surface area (Å²) in [6.45, 7) is 8.09. The quantitative estimate of drug-likeness (QED) is 0.854. The second kappa shape index (κ2) is 6.09. The highest BCUT2D eigenvalue weighted by Gasteiger charge is 2.18. The van der Waals surface area contributed by atoms with E-state index in [1.165, 1.54) is 18.2 Å². The van der Waals surface area contributed by atoms with Crippen molar-refractivity contribution in [2.45, 2.75) is 33.1 Å². The Morgan fingerprint density at radius 2 is 1.91 bits per heavy atom. The first-order chi connectivity index (χ1) is 10.3. The van der Waals surface area contributed by atoms with Gasteiger partial charge in [0, 0.05) is 1.43 Å². The second-order valence-corrected chi connectivity index (χ2v) is 6.04. The van der Waals surface area contributed by atoms with Gasteiger partial charge in [0.1, 0.15) is 5.82 Å². The number of rotatable bonds is 3. The summed E-state index contributed by atoms with van der Waals surface area (Å²) in [6, 6.07) is 7.60. The molecule has 118 valence electrons. The first-order valence-electron chi connectivity index (χ1n) is 6.95. The Balaban J connectivity index is 0.00000264. The molecule has 22 heavy (non-hydrogen) atoms. The van der Waals surface area contributed by atoms with E-state index in [2.05, 4.69) is 41.8 Å². The number of benzene rings is 1. The van der Waals surface area contributed by atoms with Crippen molar-refractivity contribution < 1.29 is 10.6 Å². The minimum absolute atomic E-state index is 0. The average Bonchev–Trinajstić information content (AvgIpc) is 2.45. The number of carbonyl (C=O) groups excluding carboxylic acids is 1. The van der Waals surface area contributed by atoms with Gasteiger partial charge in [-0.15, -0.1) is 5.10 Å². The third kappa shape index (κ3) is 3.58. The molecule has 0 aliphatic heterocycles. The lowest BCUT2D eigenvalue weighted by Crippen LogP contribution is -2.31. The van der Waals surface area contributed by atoms with Crippen LogP contribution in [0.2, 0.25) is 0 Å². The van der Waals surface area contributed by atoms with E-state index in [-0.39, 0.29) is 12.4 Å². The van der Waals surface area contributed by atoms with Crippen LogP contribution < -0.4 is 10.9 Å². The van der Waals surface area contributed by atoms with Gasteiger partial charge in [-0.3, -0.25) is 15.6 Å². The minimum atomic E-state index is -0.577. The Morgan fingerprint density at radius 3 is 2.55 bits per heavy atom. The minimum Gasteiger partial charge on any atom is -0.280 e. The van der Waals surface area contributed by atoms with Crippen LogP contribution in [0.1, 0.15) is 43.8 Å². The van der Waals surface area contributed by atoms with E-state index in [1.54, 1.807) is 6.07 Å². The molecule has 0 spiro atoms. The number of halogens is 1. The SMILES string of the molecule is Cc1nnc(NNC(=O)c2ccccc2F)cc1C(C)(C)C.[HH]. The predicted molar refractivity (Wildman–Crippen MR) is 85.1 cm³/mol. The normalized spacial score (nSPS) is 11.1. The van der Waals surface area contributed by atoms with Gasteiger partial charge in [-0.05, 0) is 36.1 Å². The molecule has 0 saturated heterocycles. The molecule has 2 N–H and O–H groups in total. The molecule has 2 rings (SSSR count). The van der Waals surface area contributed by atoms with Crippen molar-refractivity contribution in [3.05, 3.63) is 53.0 Å². The molecule has 5 nitrogen and oxygen atoms in total. The lowest BCUT2D eigenvalue weighted by molar-refractivity contribution is 0.0958. The molecule has 1 aromatic heterocycles. The van der Waals surface area contributed by atoms with Crippen LogP contribution in [0.15, 0.2) is 30.3 Å². The number of hydrogen-bond acceptors (Lipinski definition) is 4. The summed E-state index contributed by atoms with van der Waals surface area (Å²) < 4.78 is 13.5. The summed E-state index contributed by atoms with van der Waals surface area (Å²) in [5, 5.41) is 8.05. The molecular weight excluding hydrogens is 283 g/mol. The van der Waals surface area contributed by atoms with Crippen LogP contribution in [-0.2, 0) is 5.41 Å². The monoisotopic (exact) mass is 304 g/mol. The van der Waals surface area contributed by atoms with Crippen LogP contribution in [0, 0.1) is 12.7 Å². The molecule has 1 heterocycles. The first-order valence-corrected chi connectivity index (χ1v) is 6.95. The maximum atomic E-state index is 13.5. The van der Waals surface area contributed by atoms with Gasteiger partial charge in [0.15, 0.2) is 5.82 Å². The molecule has 2 aromatic rings. The zero-order chi connectivity index (χ0) is 16.3. The molecule has 0 unspecified atom stereocenters. The van der Waals surface area contributed by atoms with E-state index in [9.17, 15) is 9.18 Å². The van der Waals surface area contributed by atoms with Gasteiger partial charge >= 0.3 is 0 Å². The molecule has 0 radical (unpaired) electrons. The summed E-state index contributed by atoms with van der Waals surface area (Å²) >= 11 is 0. The van der Waals surface area contributed by atoms with Crippen LogP contribution in [-0.4, -0.2) is 16.1 Å². The molecule has 0 atom stereocenters. The van der Waals surface area contributed by atoms with Gasteiger partial charge in [-0.1, -0.05) is 32.9 Å². The van der Waals surface area contributed by atoms with Crippen molar-refractivity contribution in [1.82, 2.24) is 15.6 Å². The summed E-state index contributed by atoms with van der Waals surface area (Å²) in [6.07, 6.45) is 0. The highest BCUT2D eigenvalue weighted by atomic mass is 19.1. The Hall–Kier alpha value is -2.50. The molecule has 1 amide bonds. The summed E-state index contributed by atoms with van der Waals surface area (Å²) in [5.74, 6) is -0.745. The van der Waals surface area contributed by atoms with E-state index in [0.717, 1.165) is 11.3 Å². The third-order valence-corrected chi connectivity index (χ3v) is 3.21. The van der Waals surface area contributed by atoms with E-state index in [4.69, 9.17) is 0 Å². The zero-order valence-electron chi connectivity index (χ0n) is 13.1. The van der Waals surface area contributed by atoms with Crippen molar-refractivity contribution in [2.24, 2.45) is 0 Å². The highest BCUT2D eigenvalue weighted by Crippen LogP contribution is 2.25. The number of aromatic nitrogens is 2. The summed E-state index contributed by atoms with van der Waals surface area (Å²) in [4.78, 5) is 11.9. The summed E-state index contributed by atoms with van der Waals surface area (Å²) in [7, 11) is 0. The first kappa shape index (κ1) is 15.9. The Kier molecular flexibility index (Phi) is 4.40. The van der Waals surface area contributed by atoms with Crippen molar-refractivity contribution >= 4 is 11.7 Å². The van der Waals surface area contributed by atoms with Crippen molar-refractivity contribution in [3.8, 4) is 0 Å². The number of aryl methyl sites for hydroxylation is 1. The van der Waals surface area contributed by atoms with Crippen molar-refractivity contribution in [1.29, 1.82) is 0 Å². The lowest BCUT2D eigenvalue weighted by atomic mass is 9.86. The van der Waals surface area contributed by atoms with E-state index in [0.29, 0.717) is 5.82 Å². The zero-order valence-corrected chi connectivity index (χ0v) is 13.1. The van der Waals surface area contributed by atoms with Crippen LogP contribution in [0.25, 0.3) is 0 Å². The maximum absolute atomic E-state index is 13.5. The van der Waals surface area contributed by atoms with Gasteiger partial charge in [0.25, 0.3) is 5.91 Å². The largest absolute Gasteiger partial charge is 0.280 e. The van der Waals surface area contributed by atoms with E-state index in [1.807, 2.05) is 13.0 Å². The number of nitrogens with zero attached hydrogens (tertiary/aromatic N) is 2. The number of hydrogen-bond donors (Lipinski definition) is 2. The molecule has 0 aliphatic rings. The molecule has 0 fully saturated rings. The number of nitrogens with one attached hydrogen (secondary N) is 2. The van der Waals surface area contributed by atoms with Gasteiger partial charge in [-0.2, -0.15) is 5.10 Å². The second-order valence-electron chi connectivity index (χ2n) is 6.04.